The number of aliphatic imine (C=N–C) groups is 2. The summed E-state index contributed by atoms with van der Waals surface area (Å²) in [5.41, 5.74) is 8.00. The van der Waals surface area contributed by atoms with Crippen molar-refractivity contribution in [3.05, 3.63) is 145 Å². The van der Waals surface area contributed by atoms with Crippen molar-refractivity contribution >= 4 is 23.3 Å². The molecular weight excluding hydrogens is 476 g/mol. The summed E-state index contributed by atoms with van der Waals surface area (Å²) in [7, 11) is 0. The van der Waals surface area contributed by atoms with Crippen molar-refractivity contribution in [2.45, 2.75) is 6.54 Å². The van der Waals surface area contributed by atoms with Crippen LogP contribution in [0, 0.1) is 0 Å². The van der Waals surface area contributed by atoms with Crippen molar-refractivity contribution in [3.8, 4) is 33.6 Å². The summed E-state index contributed by atoms with van der Waals surface area (Å²) in [6.07, 6.45) is 0. The maximum atomic E-state index is 4.89. The Morgan fingerprint density at radius 3 is 1.82 bits per heavy atom. The van der Waals surface area contributed by atoms with Crippen LogP contribution in [0.3, 0.4) is 0 Å². The predicted molar refractivity (Wildman–Crippen MR) is 162 cm³/mol. The van der Waals surface area contributed by atoms with Crippen LogP contribution >= 0.6 is 0 Å². The van der Waals surface area contributed by atoms with E-state index in [1.807, 2.05) is 72.8 Å². The summed E-state index contributed by atoms with van der Waals surface area (Å²) in [4.78, 5) is 9.28. The lowest BCUT2D eigenvalue weighted by Crippen LogP contribution is -2.02. The standard InChI is InChI=1S/C35H26N4/c1-36-35(37-24-25-10-4-2-5-11-25)34-30-15-9-8-12-26(30)20-21-31(34)27-16-18-29(19-17-27)33-23-22-32(38-39-33)28-13-6-3-7-14-28/h2-23H,1,24H2/b37-35-. The molecule has 6 rings (SSSR count). The van der Waals surface area contributed by atoms with Crippen LogP contribution in [0.4, 0.5) is 0 Å². The molecule has 0 N–H and O–H groups in total. The summed E-state index contributed by atoms with van der Waals surface area (Å²) in [6.45, 7) is 4.41. The van der Waals surface area contributed by atoms with E-state index in [1.165, 1.54) is 0 Å². The molecule has 0 amide bonds. The smallest absolute Gasteiger partial charge is 0.155 e. The minimum atomic E-state index is 0.536. The Labute approximate surface area is 228 Å². The Bertz CT molecular complexity index is 1760. The Balaban J connectivity index is 1.37. The Hall–Kier alpha value is -5.22. The van der Waals surface area contributed by atoms with Gasteiger partial charge in [-0.25, -0.2) is 4.99 Å². The van der Waals surface area contributed by atoms with Crippen LogP contribution in [-0.2, 0) is 6.54 Å². The summed E-state index contributed by atoms with van der Waals surface area (Å²) in [5.74, 6) is 0.636. The van der Waals surface area contributed by atoms with E-state index in [1.54, 1.807) is 0 Å². The average Bonchev–Trinajstić information content (AvgIpc) is 3.02. The number of hydrogen-bond acceptors (Lipinski definition) is 3. The highest BCUT2D eigenvalue weighted by Gasteiger charge is 2.15. The van der Waals surface area contributed by atoms with Crippen molar-refractivity contribution in [2.24, 2.45) is 9.98 Å². The molecule has 5 aromatic carbocycles. The first-order valence-electron chi connectivity index (χ1n) is 12.9. The largest absolute Gasteiger partial charge is 0.261 e. The molecule has 0 aliphatic rings. The Morgan fingerprint density at radius 1 is 0.564 bits per heavy atom. The van der Waals surface area contributed by atoms with Gasteiger partial charge >= 0.3 is 0 Å². The van der Waals surface area contributed by atoms with Crippen molar-refractivity contribution in [1.29, 1.82) is 0 Å². The van der Waals surface area contributed by atoms with Gasteiger partial charge in [0, 0.05) is 16.7 Å². The first-order valence-corrected chi connectivity index (χ1v) is 12.9. The lowest BCUT2D eigenvalue weighted by atomic mass is 9.92. The number of amidine groups is 1. The van der Waals surface area contributed by atoms with Gasteiger partial charge in [0.2, 0.25) is 0 Å². The highest BCUT2D eigenvalue weighted by atomic mass is 15.1. The van der Waals surface area contributed by atoms with Gasteiger partial charge < -0.3 is 0 Å². The fourth-order valence-corrected chi connectivity index (χ4v) is 4.78. The van der Waals surface area contributed by atoms with Gasteiger partial charge in [-0.3, -0.25) is 4.99 Å². The molecule has 0 saturated carbocycles. The Kier molecular flexibility index (Phi) is 6.83. The molecule has 0 saturated heterocycles. The van der Waals surface area contributed by atoms with E-state index in [0.717, 1.165) is 55.5 Å². The number of aromatic nitrogens is 2. The molecule has 0 aliphatic heterocycles. The minimum absolute atomic E-state index is 0.536. The topological polar surface area (TPSA) is 50.5 Å². The maximum Gasteiger partial charge on any atom is 0.155 e. The first kappa shape index (κ1) is 24.1. The second kappa shape index (κ2) is 11.0. The van der Waals surface area contributed by atoms with Gasteiger partial charge in [0.25, 0.3) is 0 Å². The molecule has 186 valence electrons. The van der Waals surface area contributed by atoms with Crippen molar-refractivity contribution < 1.29 is 0 Å². The quantitative estimate of drug-likeness (QED) is 0.170. The van der Waals surface area contributed by atoms with Gasteiger partial charge in [0.1, 0.15) is 0 Å². The van der Waals surface area contributed by atoms with Crippen LogP contribution in [0.2, 0.25) is 0 Å². The fourth-order valence-electron chi connectivity index (χ4n) is 4.78. The van der Waals surface area contributed by atoms with Gasteiger partial charge in [0.05, 0.1) is 17.9 Å². The van der Waals surface area contributed by atoms with E-state index in [2.05, 4.69) is 82.6 Å². The molecule has 4 nitrogen and oxygen atoms in total. The van der Waals surface area contributed by atoms with Crippen LogP contribution in [0.15, 0.2) is 143 Å². The van der Waals surface area contributed by atoms with E-state index in [0.29, 0.717) is 12.4 Å². The second-order valence-electron chi connectivity index (χ2n) is 9.24. The molecule has 0 unspecified atom stereocenters. The van der Waals surface area contributed by atoms with Crippen LogP contribution in [-0.4, -0.2) is 22.8 Å². The normalized spacial score (nSPS) is 11.4. The molecular formula is C35H26N4. The van der Waals surface area contributed by atoms with Gasteiger partial charge in [-0.2, -0.15) is 0 Å². The zero-order valence-corrected chi connectivity index (χ0v) is 21.4. The molecule has 6 aromatic rings. The van der Waals surface area contributed by atoms with E-state index >= 15 is 0 Å². The molecule has 0 bridgehead atoms. The molecule has 39 heavy (non-hydrogen) atoms. The van der Waals surface area contributed by atoms with Crippen molar-refractivity contribution in [1.82, 2.24) is 10.2 Å². The average molecular weight is 503 g/mol. The van der Waals surface area contributed by atoms with E-state index < -0.39 is 0 Å². The third kappa shape index (κ3) is 5.13. The van der Waals surface area contributed by atoms with E-state index in [9.17, 15) is 0 Å². The van der Waals surface area contributed by atoms with E-state index in [-0.39, 0.29) is 0 Å². The van der Waals surface area contributed by atoms with Crippen LogP contribution in [0.1, 0.15) is 11.1 Å². The van der Waals surface area contributed by atoms with Gasteiger partial charge in [-0.15, -0.1) is 10.2 Å². The fraction of sp³-hybridized carbons (Fsp3) is 0.0286. The van der Waals surface area contributed by atoms with Crippen molar-refractivity contribution in [3.63, 3.8) is 0 Å². The summed E-state index contributed by atoms with van der Waals surface area (Å²) in [6, 6.07) is 45.3. The number of rotatable bonds is 6. The van der Waals surface area contributed by atoms with E-state index in [4.69, 9.17) is 4.99 Å². The SMILES string of the molecule is C=N/C(=N\Cc1ccccc1)c1c(-c2ccc(-c3ccc(-c4ccccc4)nn3)cc2)ccc2ccccc12. The Morgan fingerprint density at radius 2 is 1.15 bits per heavy atom. The van der Waals surface area contributed by atoms with Crippen LogP contribution in [0.5, 0.6) is 0 Å². The number of nitrogens with zero attached hydrogens (tertiary/aromatic N) is 4. The molecule has 0 spiro atoms. The van der Waals surface area contributed by atoms with Gasteiger partial charge in [0.15, 0.2) is 5.84 Å². The zero-order chi connectivity index (χ0) is 26.4. The summed E-state index contributed by atoms with van der Waals surface area (Å²) in [5, 5.41) is 11.2. The molecule has 1 aromatic heterocycles. The zero-order valence-electron chi connectivity index (χ0n) is 21.4. The highest BCUT2D eigenvalue weighted by molar-refractivity contribution is 6.16. The predicted octanol–water partition coefficient (Wildman–Crippen LogP) is 8.28. The third-order valence-corrected chi connectivity index (χ3v) is 6.78. The molecule has 4 heteroatoms. The maximum absolute atomic E-state index is 4.89. The van der Waals surface area contributed by atoms with Crippen LogP contribution < -0.4 is 0 Å². The lowest BCUT2D eigenvalue weighted by molar-refractivity contribution is 1.04. The van der Waals surface area contributed by atoms with Crippen LogP contribution in [0.25, 0.3) is 44.4 Å². The summed E-state index contributed by atoms with van der Waals surface area (Å²) < 4.78 is 0. The molecule has 0 radical (unpaired) electrons. The molecule has 1 heterocycles. The van der Waals surface area contributed by atoms with Gasteiger partial charge in [-0.1, -0.05) is 121 Å². The number of hydrogen-bond donors (Lipinski definition) is 0. The van der Waals surface area contributed by atoms with Crippen molar-refractivity contribution in [2.75, 3.05) is 0 Å². The first-order chi connectivity index (χ1) is 19.3. The lowest BCUT2D eigenvalue weighted by Gasteiger charge is -2.14. The van der Waals surface area contributed by atoms with Gasteiger partial charge in [-0.05, 0) is 46.3 Å². The highest BCUT2D eigenvalue weighted by Crippen LogP contribution is 2.33. The third-order valence-electron chi connectivity index (χ3n) is 6.78. The summed E-state index contributed by atoms with van der Waals surface area (Å²) >= 11 is 0. The number of fused-ring (bicyclic) bond motifs is 1. The number of benzene rings is 5. The monoisotopic (exact) mass is 502 g/mol. The molecule has 0 atom stereocenters. The molecule has 0 aliphatic carbocycles. The minimum Gasteiger partial charge on any atom is -0.261 e. The second-order valence-corrected chi connectivity index (χ2v) is 9.24. The molecule has 0 fully saturated rings.